The van der Waals surface area contributed by atoms with E-state index in [2.05, 4.69) is 15.5 Å². The van der Waals surface area contributed by atoms with Crippen LogP contribution in [0.4, 0.5) is 0 Å². The molecule has 1 N–H and O–H groups in total. The fraction of sp³-hybridized carbons (Fsp3) is 0.364. The molecule has 1 aromatic rings. The number of hydrogen-bond acceptors (Lipinski definition) is 5. The number of rotatable bonds is 1. The maximum absolute atomic E-state index is 12.3. The van der Waals surface area contributed by atoms with Gasteiger partial charge in [0.1, 0.15) is 12.1 Å². The Hall–Kier alpha value is -2.02. The summed E-state index contributed by atoms with van der Waals surface area (Å²) in [5.41, 5.74) is -1.10. The lowest BCUT2D eigenvalue weighted by Gasteiger charge is -2.39. The van der Waals surface area contributed by atoms with Crippen LogP contribution < -0.4 is 5.32 Å². The minimum atomic E-state index is -1.13. The zero-order valence-corrected chi connectivity index (χ0v) is 11.1. The molecule has 0 radical (unpaired) electrons. The molecule has 1 aliphatic heterocycles. The normalized spacial score (nSPS) is 18.2. The summed E-state index contributed by atoms with van der Waals surface area (Å²) in [6.45, 7) is 2.90. The molecular formula is C11H11ClN4O3. The molecule has 1 saturated heterocycles. The first-order valence-corrected chi connectivity index (χ1v) is 5.85. The van der Waals surface area contributed by atoms with Crippen LogP contribution in [0.15, 0.2) is 12.1 Å². The zero-order valence-electron chi connectivity index (χ0n) is 10.3. The molecule has 1 aliphatic rings. The van der Waals surface area contributed by atoms with E-state index in [1.807, 2.05) is 0 Å². The molecule has 100 valence electrons. The third kappa shape index (κ3) is 2.41. The van der Waals surface area contributed by atoms with Crippen LogP contribution in [0.2, 0.25) is 5.15 Å². The summed E-state index contributed by atoms with van der Waals surface area (Å²) in [6.07, 6.45) is 0. The van der Waals surface area contributed by atoms with Gasteiger partial charge in [-0.15, -0.1) is 10.2 Å². The number of carbonyl (C=O) groups is 3. The van der Waals surface area contributed by atoms with Crippen molar-refractivity contribution >= 4 is 29.3 Å². The molecule has 8 heteroatoms. The molecule has 0 aliphatic carbocycles. The van der Waals surface area contributed by atoms with Crippen molar-refractivity contribution in [1.29, 1.82) is 0 Å². The molecule has 0 bridgehead atoms. The molecule has 3 amide bonds. The molecule has 0 atom stereocenters. The number of hydrogen-bond donors (Lipinski definition) is 1. The lowest BCUT2D eigenvalue weighted by atomic mass is 9.98. The van der Waals surface area contributed by atoms with Gasteiger partial charge in [-0.25, -0.2) is 0 Å². The van der Waals surface area contributed by atoms with Crippen molar-refractivity contribution < 1.29 is 14.4 Å². The van der Waals surface area contributed by atoms with Gasteiger partial charge in [-0.1, -0.05) is 11.6 Å². The summed E-state index contributed by atoms with van der Waals surface area (Å²) in [5, 5.41) is 9.56. The van der Waals surface area contributed by atoms with Gasteiger partial charge in [-0.05, 0) is 26.0 Å². The van der Waals surface area contributed by atoms with Crippen molar-refractivity contribution in [3.63, 3.8) is 0 Å². The molecule has 2 rings (SSSR count). The van der Waals surface area contributed by atoms with Gasteiger partial charge >= 0.3 is 0 Å². The van der Waals surface area contributed by atoms with Crippen LogP contribution in [0.1, 0.15) is 24.3 Å². The van der Waals surface area contributed by atoms with E-state index in [1.54, 1.807) is 13.8 Å². The molecule has 1 aromatic heterocycles. The zero-order chi connectivity index (χ0) is 14.2. The second-order valence-electron chi connectivity index (χ2n) is 4.57. The molecular weight excluding hydrogens is 272 g/mol. The van der Waals surface area contributed by atoms with Crippen molar-refractivity contribution in [2.24, 2.45) is 0 Å². The number of carbonyl (C=O) groups excluding carboxylic acids is 3. The first kappa shape index (κ1) is 13.4. The van der Waals surface area contributed by atoms with Crippen molar-refractivity contribution in [3.05, 3.63) is 23.0 Å². The SMILES string of the molecule is CC1(C)C(=O)NC(=O)CN1C(=O)c1ccc(Cl)nn1. The minimum Gasteiger partial charge on any atom is -0.314 e. The van der Waals surface area contributed by atoms with Crippen molar-refractivity contribution in [2.45, 2.75) is 19.4 Å². The monoisotopic (exact) mass is 282 g/mol. The van der Waals surface area contributed by atoms with Gasteiger partial charge in [0.05, 0.1) is 0 Å². The van der Waals surface area contributed by atoms with E-state index in [0.717, 1.165) is 4.90 Å². The number of imide groups is 1. The Balaban J connectivity index is 2.33. The summed E-state index contributed by atoms with van der Waals surface area (Å²) in [6, 6.07) is 2.81. The molecule has 1 fully saturated rings. The van der Waals surface area contributed by atoms with Crippen LogP contribution >= 0.6 is 11.6 Å². The Morgan fingerprint density at radius 2 is 2.05 bits per heavy atom. The van der Waals surface area contributed by atoms with Crippen LogP contribution in [0, 0.1) is 0 Å². The Bertz CT molecular complexity index is 556. The Morgan fingerprint density at radius 1 is 1.37 bits per heavy atom. The van der Waals surface area contributed by atoms with E-state index in [0.29, 0.717) is 0 Å². The third-order valence-corrected chi connectivity index (χ3v) is 3.08. The fourth-order valence-electron chi connectivity index (χ4n) is 1.68. The van der Waals surface area contributed by atoms with Crippen LogP contribution in [-0.2, 0) is 9.59 Å². The van der Waals surface area contributed by atoms with E-state index >= 15 is 0 Å². The quantitative estimate of drug-likeness (QED) is 0.732. The summed E-state index contributed by atoms with van der Waals surface area (Å²) < 4.78 is 0. The van der Waals surface area contributed by atoms with Crippen molar-refractivity contribution in [2.75, 3.05) is 6.54 Å². The third-order valence-electron chi connectivity index (χ3n) is 2.88. The highest BCUT2D eigenvalue weighted by molar-refractivity contribution is 6.29. The minimum absolute atomic E-state index is 0.0278. The number of halogens is 1. The molecule has 2 heterocycles. The van der Waals surface area contributed by atoms with Gasteiger partial charge in [0, 0.05) is 0 Å². The summed E-state index contributed by atoms with van der Waals surface area (Å²) >= 11 is 5.59. The van der Waals surface area contributed by atoms with E-state index in [4.69, 9.17) is 11.6 Å². The molecule has 0 aromatic carbocycles. The Morgan fingerprint density at radius 3 is 2.63 bits per heavy atom. The predicted molar refractivity (Wildman–Crippen MR) is 65.3 cm³/mol. The average Bonchev–Trinajstić information content (AvgIpc) is 2.34. The van der Waals surface area contributed by atoms with E-state index < -0.39 is 23.3 Å². The smallest absolute Gasteiger partial charge is 0.275 e. The molecule has 0 saturated carbocycles. The van der Waals surface area contributed by atoms with Crippen molar-refractivity contribution in [3.8, 4) is 0 Å². The number of nitrogens with one attached hydrogen (secondary N) is 1. The lowest BCUT2D eigenvalue weighted by molar-refractivity contribution is -0.143. The highest BCUT2D eigenvalue weighted by Crippen LogP contribution is 2.20. The Labute approximate surface area is 113 Å². The molecule has 19 heavy (non-hydrogen) atoms. The van der Waals surface area contributed by atoms with Crippen LogP contribution in [0.25, 0.3) is 0 Å². The molecule has 0 unspecified atom stereocenters. The van der Waals surface area contributed by atoms with Gasteiger partial charge in [0.2, 0.25) is 5.91 Å². The van der Waals surface area contributed by atoms with Gasteiger partial charge in [0.15, 0.2) is 10.8 Å². The highest BCUT2D eigenvalue weighted by atomic mass is 35.5. The van der Waals surface area contributed by atoms with Gasteiger partial charge in [-0.2, -0.15) is 0 Å². The summed E-state index contributed by atoms with van der Waals surface area (Å²) in [4.78, 5) is 36.5. The standard InChI is InChI=1S/C11H11ClN4O3/c1-11(2)10(19)13-8(17)5-16(11)9(18)6-3-4-7(12)15-14-6/h3-4H,5H2,1-2H3,(H,13,17,19). The predicted octanol–water partition coefficient (Wildman–Crippen LogP) is 0.00720. The fourth-order valence-corrected chi connectivity index (χ4v) is 1.78. The second kappa shape index (κ2) is 4.58. The first-order valence-electron chi connectivity index (χ1n) is 5.48. The maximum Gasteiger partial charge on any atom is 0.275 e. The topological polar surface area (TPSA) is 92.3 Å². The number of piperazine rings is 1. The number of nitrogens with zero attached hydrogens (tertiary/aromatic N) is 3. The number of amides is 3. The van der Waals surface area contributed by atoms with E-state index in [1.165, 1.54) is 12.1 Å². The Kier molecular flexibility index (Phi) is 3.23. The van der Waals surface area contributed by atoms with Gasteiger partial charge in [0.25, 0.3) is 11.8 Å². The largest absolute Gasteiger partial charge is 0.314 e. The van der Waals surface area contributed by atoms with Crippen LogP contribution in [0.5, 0.6) is 0 Å². The van der Waals surface area contributed by atoms with E-state index in [-0.39, 0.29) is 17.4 Å². The van der Waals surface area contributed by atoms with Gasteiger partial charge in [-0.3, -0.25) is 19.7 Å². The number of aromatic nitrogens is 2. The summed E-state index contributed by atoms with van der Waals surface area (Å²) in [7, 11) is 0. The molecule has 7 nitrogen and oxygen atoms in total. The van der Waals surface area contributed by atoms with Gasteiger partial charge < -0.3 is 4.90 Å². The van der Waals surface area contributed by atoms with Crippen LogP contribution in [0.3, 0.4) is 0 Å². The van der Waals surface area contributed by atoms with Crippen LogP contribution in [-0.4, -0.2) is 44.9 Å². The van der Waals surface area contributed by atoms with Crippen molar-refractivity contribution in [1.82, 2.24) is 20.4 Å². The maximum atomic E-state index is 12.3. The first-order chi connectivity index (χ1) is 8.82. The summed E-state index contributed by atoms with van der Waals surface area (Å²) in [5.74, 6) is -1.60. The second-order valence-corrected chi connectivity index (χ2v) is 4.96. The molecule has 0 spiro atoms. The lowest BCUT2D eigenvalue weighted by Crippen LogP contribution is -2.65. The highest BCUT2D eigenvalue weighted by Gasteiger charge is 2.44. The average molecular weight is 283 g/mol. The van der Waals surface area contributed by atoms with E-state index in [9.17, 15) is 14.4 Å².